The molecule has 0 radical (unpaired) electrons. The monoisotopic (exact) mass is 219 g/mol. The number of carbonyl (C=O) groups is 1. The van der Waals surface area contributed by atoms with Crippen LogP contribution < -0.4 is 0 Å². The maximum Gasteiger partial charge on any atom is 0.307 e. The van der Waals surface area contributed by atoms with Crippen molar-refractivity contribution in [1.82, 2.24) is 0 Å². The molecular formula is C8H13NO4S. The first-order valence-corrected chi connectivity index (χ1v) is 5.90. The number of carboxylic acids is 1. The molecule has 0 aliphatic rings. The molecule has 0 bridgehead atoms. The van der Waals surface area contributed by atoms with E-state index in [-0.39, 0.29) is 6.42 Å². The summed E-state index contributed by atoms with van der Waals surface area (Å²) in [6.45, 7) is 2.89. The number of sulfone groups is 1. The van der Waals surface area contributed by atoms with Gasteiger partial charge in [-0.25, -0.2) is 8.42 Å². The third-order valence-corrected chi connectivity index (χ3v) is 4.12. The molecule has 80 valence electrons. The van der Waals surface area contributed by atoms with Crippen molar-refractivity contribution in [3.63, 3.8) is 0 Å². The van der Waals surface area contributed by atoms with Crippen LogP contribution in [0.4, 0.5) is 0 Å². The quantitative estimate of drug-likeness (QED) is 0.723. The van der Waals surface area contributed by atoms with Crippen molar-refractivity contribution in [2.75, 3.05) is 5.75 Å². The second-order valence-corrected chi connectivity index (χ2v) is 5.32. The summed E-state index contributed by atoms with van der Waals surface area (Å²) >= 11 is 0. The van der Waals surface area contributed by atoms with E-state index in [2.05, 4.69) is 0 Å². The molecule has 2 atom stereocenters. The van der Waals surface area contributed by atoms with Gasteiger partial charge in [0.1, 0.15) is 5.25 Å². The molecule has 0 rings (SSSR count). The van der Waals surface area contributed by atoms with E-state index in [1.807, 2.05) is 0 Å². The normalized spacial score (nSPS) is 15.5. The average Bonchev–Trinajstić information content (AvgIpc) is 2.04. The van der Waals surface area contributed by atoms with E-state index < -0.39 is 32.7 Å². The van der Waals surface area contributed by atoms with Crippen LogP contribution in [0.25, 0.3) is 0 Å². The highest BCUT2D eigenvalue weighted by molar-refractivity contribution is 7.92. The Balaban J connectivity index is 4.67. The number of nitriles is 1. The molecule has 0 fully saturated rings. The van der Waals surface area contributed by atoms with E-state index in [1.54, 1.807) is 13.0 Å². The highest BCUT2D eigenvalue weighted by Gasteiger charge is 2.28. The molecule has 14 heavy (non-hydrogen) atoms. The van der Waals surface area contributed by atoms with E-state index in [0.717, 1.165) is 0 Å². The summed E-state index contributed by atoms with van der Waals surface area (Å²) in [4.78, 5) is 10.4. The SMILES string of the molecule is CCC(C#N)S(=O)(=O)CC(C)C(=O)O. The molecule has 2 unspecified atom stereocenters. The van der Waals surface area contributed by atoms with Crippen LogP contribution in [-0.4, -0.2) is 30.5 Å². The van der Waals surface area contributed by atoms with Gasteiger partial charge in [-0.2, -0.15) is 5.26 Å². The fraction of sp³-hybridized carbons (Fsp3) is 0.750. The molecule has 0 saturated carbocycles. The van der Waals surface area contributed by atoms with Gasteiger partial charge in [-0.15, -0.1) is 0 Å². The molecule has 0 aromatic heterocycles. The smallest absolute Gasteiger partial charge is 0.307 e. The van der Waals surface area contributed by atoms with Crippen molar-refractivity contribution < 1.29 is 18.3 Å². The van der Waals surface area contributed by atoms with Gasteiger partial charge >= 0.3 is 5.97 Å². The number of aliphatic carboxylic acids is 1. The van der Waals surface area contributed by atoms with E-state index in [9.17, 15) is 13.2 Å². The maximum absolute atomic E-state index is 11.4. The van der Waals surface area contributed by atoms with Crippen LogP contribution in [0, 0.1) is 17.2 Å². The zero-order valence-corrected chi connectivity index (χ0v) is 8.91. The fourth-order valence-corrected chi connectivity index (χ4v) is 2.70. The highest BCUT2D eigenvalue weighted by Crippen LogP contribution is 2.10. The molecule has 0 amide bonds. The standard InChI is InChI=1S/C8H13NO4S/c1-3-7(4-9)14(12,13)5-6(2)8(10)11/h6-7H,3,5H2,1-2H3,(H,10,11). The number of hydrogen-bond donors (Lipinski definition) is 1. The third-order valence-electron chi connectivity index (χ3n) is 1.85. The van der Waals surface area contributed by atoms with Gasteiger partial charge in [0.15, 0.2) is 9.84 Å². The van der Waals surface area contributed by atoms with Gasteiger partial charge in [0.05, 0.1) is 17.7 Å². The fourth-order valence-electron chi connectivity index (χ4n) is 0.961. The molecule has 5 nitrogen and oxygen atoms in total. The van der Waals surface area contributed by atoms with Crippen LogP contribution in [0.3, 0.4) is 0 Å². The van der Waals surface area contributed by atoms with Crippen LogP contribution >= 0.6 is 0 Å². The lowest BCUT2D eigenvalue weighted by Gasteiger charge is -2.10. The van der Waals surface area contributed by atoms with Gasteiger partial charge in [-0.05, 0) is 6.42 Å². The molecule has 0 aliphatic carbocycles. The number of rotatable bonds is 5. The summed E-state index contributed by atoms with van der Waals surface area (Å²) in [6, 6.07) is 1.66. The van der Waals surface area contributed by atoms with Gasteiger partial charge in [0.2, 0.25) is 0 Å². The van der Waals surface area contributed by atoms with E-state index in [4.69, 9.17) is 10.4 Å². The first kappa shape index (κ1) is 12.9. The molecule has 6 heteroatoms. The molecular weight excluding hydrogens is 206 g/mol. The molecule has 0 heterocycles. The Bertz CT molecular complexity index is 341. The maximum atomic E-state index is 11.4. The zero-order valence-electron chi connectivity index (χ0n) is 8.10. The van der Waals surface area contributed by atoms with E-state index in [1.165, 1.54) is 6.92 Å². The zero-order chi connectivity index (χ0) is 11.4. The first-order valence-electron chi connectivity index (χ1n) is 4.19. The van der Waals surface area contributed by atoms with Crippen LogP contribution in [0.5, 0.6) is 0 Å². The van der Waals surface area contributed by atoms with Crippen molar-refractivity contribution in [3.8, 4) is 6.07 Å². The Kier molecular flexibility index (Phi) is 4.57. The molecule has 1 N–H and O–H groups in total. The van der Waals surface area contributed by atoms with Crippen molar-refractivity contribution >= 4 is 15.8 Å². The largest absolute Gasteiger partial charge is 0.481 e. The Hall–Kier alpha value is -1.09. The van der Waals surface area contributed by atoms with Gasteiger partial charge in [-0.3, -0.25) is 4.79 Å². The van der Waals surface area contributed by atoms with Gasteiger partial charge < -0.3 is 5.11 Å². The number of carboxylic acid groups (broad SMARTS) is 1. The molecule has 0 saturated heterocycles. The second-order valence-electron chi connectivity index (χ2n) is 3.09. The van der Waals surface area contributed by atoms with Crippen molar-refractivity contribution in [1.29, 1.82) is 5.26 Å². The second kappa shape index (κ2) is 4.96. The van der Waals surface area contributed by atoms with E-state index in [0.29, 0.717) is 0 Å². The molecule has 0 aromatic carbocycles. The summed E-state index contributed by atoms with van der Waals surface area (Å²) in [5.74, 6) is -2.61. The van der Waals surface area contributed by atoms with E-state index >= 15 is 0 Å². The number of nitrogens with zero attached hydrogens (tertiary/aromatic N) is 1. The summed E-state index contributed by atoms with van der Waals surface area (Å²) in [5.41, 5.74) is 0. The van der Waals surface area contributed by atoms with Crippen LogP contribution in [0.1, 0.15) is 20.3 Å². The Morgan fingerprint density at radius 3 is 2.36 bits per heavy atom. The molecule has 0 spiro atoms. The predicted octanol–water partition coefficient (Wildman–Crippen LogP) is 0.424. The van der Waals surface area contributed by atoms with Gasteiger partial charge in [-0.1, -0.05) is 13.8 Å². The summed E-state index contributed by atoms with van der Waals surface area (Å²) in [5, 5.41) is 16.0. The summed E-state index contributed by atoms with van der Waals surface area (Å²) < 4.78 is 22.8. The minimum Gasteiger partial charge on any atom is -0.481 e. The molecule has 0 aromatic rings. The van der Waals surface area contributed by atoms with Crippen LogP contribution in [0.15, 0.2) is 0 Å². The van der Waals surface area contributed by atoms with Crippen molar-refractivity contribution in [2.24, 2.45) is 5.92 Å². The minimum atomic E-state index is -3.61. The highest BCUT2D eigenvalue weighted by atomic mass is 32.2. The van der Waals surface area contributed by atoms with Gasteiger partial charge in [0, 0.05) is 0 Å². The van der Waals surface area contributed by atoms with Crippen molar-refractivity contribution in [2.45, 2.75) is 25.5 Å². The topological polar surface area (TPSA) is 95.2 Å². The van der Waals surface area contributed by atoms with Gasteiger partial charge in [0.25, 0.3) is 0 Å². The summed E-state index contributed by atoms with van der Waals surface area (Å²) in [7, 11) is -3.61. The number of hydrogen-bond acceptors (Lipinski definition) is 4. The Labute approximate surface area is 83.3 Å². The first-order chi connectivity index (χ1) is 6.35. The predicted molar refractivity (Wildman–Crippen MR) is 50.3 cm³/mol. The summed E-state index contributed by atoms with van der Waals surface area (Å²) in [6.07, 6.45) is 0.186. The Morgan fingerprint density at radius 2 is 2.07 bits per heavy atom. The van der Waals surface area contributed by atoms with Crippen LogP contribution in [-0.2, 0) is 14.6 Å². The lowest BCUT2D eigenvalue weighted by atomic mass is 10.2. The molecule has 0 aliphatic heterocycles. The Morgan fingerprint density at radius 1 is 1.57 bits per heavy atom. The minimum absolute atomic E-state index is 0.186. The lowest BCUT2D eigenvalue weighted by Crippen LogP contribution is -2.28. The van der Waals surface area contributed by atoms with Crippen molar-refractivity contribution in [3.05, 3.63) is 0 Å². The lowest BCUT2D eigenvalue weighted by molar-refractivity contribution is -0.140. The average molecular weight is 219 g/mol. The van der Waals surface area contributed by atoms with Crippen LogP contribution in [0.2, 0.25) is 0 Å². The third kappa shape index (κ3) is 3.34.